The second kappa shape index (κ2) is 2.14. The zero-order valence-corrected chi connectivity index (χ0v) is 6.66. The smallest absolute Gasteiger partial charge is 0.293 e. The Morgan fingerprint density at radius 2 is 2.08 bits per heavy atom. The Balaban J connectivity index is 2.89. The summed E-state index contributed by atoms with van der Waals surface area (Å²) in [5, 5.41) is 0. The lowest BCUT2D eigenvalue weighted by Crippen LogP contribution is -1.90. The molecule has 0 aliphatic rings. The number of nitrogen functional groups attached to an aromatic ring is 2. The van der Waals surface area contributed by atoms with Crippen LogP contribution in [0.3, 0.4) is 0 Å². The Morgan fingerprint density at radius 1 is 1.33 bits per heavy atom. The first-order valence-corrected chi connectivity index (χ1v) is 3.59. The summed E-state index contributed by atoms with van der Waals surface area (Å²) in [5.74, 6) is 0. The van der Waals surface area contributed by atoms with Gasteiger partial charge in [0, 0.05) is 0 Å². The van der Waals surface area contributed by atoms with E-state index in [0.717, 1.165) is 5.56 Å². The van der Waals surface area contributed by atoms with E-state index in [1.807, 2.05) is 19.1 Å². The van der Waals surface area contributed by atoms with Crippen molar-refractivity contribution in [2.24, 2.45) is 0 Å². The number of oxazole rings is 1. The third-order valence-corrected chi connectivity index (χ3v) is 1.83. The quantitative estimate of drug-likeness (QED) is 0.574. The number of aryl methyl sites for hydroxylation is 1. The van der Waals surface area contributed by atoms with E-state index in [4.69, 9.17) is 15.9 Å². The van der Waals surface area contributed by atoms with E-state index in [0.29, 0.717) is 16.8 Å². The molecule has 0 amide bonds. The molecule has 0 aliphatic heterocycles. The van der Waals surface area contributed by atoms with Crippen LogP contribution in [-0.2, 0) is 0 Å². The Labute approximate surface area is 69.2 Å². The lowest BCUT2D eigenvalue weighted by Gasteiger charge is -1.96. The molecule has 0 aliphatic carbocycles. The van der Waals surface area contributed by atoms with Crippen molar-refractivity contribution in [2.75, 3.05) is 11.5 Å². The topological polar surface area (TPSA) is 78.1 Å². The molecule has 0 atom stereocenters. The average Bonchev–Trinajstić information content (AvgIpc) is 2.39. The molecule has 0 unspecified atom stereocenters. The zero-order chi connectivity index (χ0) is 8.72. The zero-order valence-electron chi connectivity index (χ0n) is 6.66. The third kappa shape index (κ3) is 0.812. The van der Waals surface area contributed by atoms with Crippen LogP contribution in [0.2, 0.25) is 0 Å². The van der Waals surface area contributed by atoms with Gasteiger partial charge < -0.3 is 15.9 Å². The standard InChI is InChI=1S/C8H9N3O/c1-4-2-3-5-7(6(4)9)11-8(10)12-5/h2-3H,9H2,1H3,(H2,10,11). The number of rotatable bonds is 0. The van der Waals surface area contributed by atoms with E-state index in [2.05, 4.69) is 4.98 Å². The largest absolute Gasteiger partial charge is 0.424 e. The normalized spacial score (nSPS) is 10.8. The number of nitrogens with zero attached hydrogens (tertiary/aromatic N) is 1. The van der Waals surface area contributed by atoms with Crippen LogP contribution in [0.4, 0.5) is 11.7 Å². The van der Waals surface area contributed by atoms with Crippen molar-refractivity contribution in [1.82, 2.24) is 4.98 Å². The van der Waals surface area contributed by atoms with Gasteiger partial charge in [0.1, 0.15) is 5.52 Å². The molecule has 62 valence electrons. The maximum Gasteiger partial charge on any atom is 0.293 e. The van der Waals surface area contributed by atoms with Crippen molar-refractivity contribution in [3.8, 4) is 0 Å². The van der Waals surface area contributed by atoms with E-state index < -0.39 is 0 Å². The summed E-state index contributed by atoms with van der Waals surface area (Å²) in [5.41, 5.74) is 14.0. The fourth-order valence-corrected chi connectivity index (χ4v) is 1.13. The average molecular weight is 163 g/mol. The molecule has 4 N–H and O–H groups in total. The second-order valence-electron chi connectivity index (χ2n) is 2.69. The van der Waals surface area contributed by atoms with Crippen molar-refractivity contribution < 1.29 is 4.42 Å². The molecule has 0 saturated carbocycles. The lowest BCUT2D eigenvalue weighted by atomic mass is 10.2. The molecule has 0 spiro atoms. The summed E-state index contributed by atoms with van der Waals surface area (Å²) >= 11 is 0. The van der Waals surface area contributed by atoms with E-state index in [9.17, 15) is 0 Å². The molecule has 12 heavy (non-hydrogen) atoms. The number of hydrogen-bond acceptors (Lipinski definition) is 4. The summed E-state index contributed by atoms with van der Waals surface area (Å²) < 4.78 is 5.09. The van der Waals surface area contributed by atoms with Crippen LogP contribution in [0.1, 0.15) is 5.56 Å². The highest BCUT2D eigenvalue weighted by Crippen LogP contribution is 2.24. The molecular formula is C8H9N3O. The summed E-state index contributed by atoms with van der Waals surface area (Å²) in [7, 11) is 0. The van der Waals surface area contributed by atoms with E-state index in [1.165, 1.54) is 0 Å². The first-order valence-electron chi connectivity index (χ1n) is 3.59. The van der Waals surface area contributed by atoms with Gasteiger partial charge in [0.2, 0.25) is 0 Å². The van der Waals surface area contributed by atoms with Gasteiger partial charge in [0.25, 0.3) is 6.01 Å². The highest BCUT2D eigenvalue weighted by atomic mass is 16.4. The molecule has 4 nitrogen and oxygen atoms in total. The Kier molecular flexibility index (Phi) is 1.24. The number of nitrogens with two attached hydrogens (primary N) is 2. The Hall–Kier alpha value is -1.71. The van der Waals surface area contributed by atoms with Crippen LogP contribution in [-0.4, -0.2) is 4.98 Å². The van der Waals surface area contributed by atoms with Crippen molar-refractivity contribution in [2.45, 2.75) is 6.92 Å². The highest BCUT2D eigenvalue weighted by molar-refractivity contribution is 5.88. The number of benzene rings is 1. The molecule has 4 heteroatoms. The van der Waals surface area contributed by atoms with Crippen LogP contribution in [0.5, 0.6) is 0 Å². The minimum Gasteiger partial charge on any atom is -0.424 e. The lowest BCUT2D eigenvalue weighted by molar-refractivity contribution is 0.626. The van der Waals surface area contributed by atoms with Crippen LogP contribution >= 0.6 is 0 Å². The number of anilines is 2. The van der Waals surface area contributed by atoms with Crippen LogP contribution < -0.4 is 11.5 Å². The van der Waals surface area contributed by atoms with Crippen LogP contribution in [0.25, 0.3) is 11.1 Å². The predicted octanol–water partition coefficient (Wildman–Crippen LogP) is 1.30. The van der Waals surface area contributed by atoms with Gasteiger partial charge in [-0.05, 0) is 18.6 Å². The molecule has 1 heterocycles. The van der Waals surface area contributed by atoms with E-state index >= 15 is 0 Å². The molecule has 0 radical (unpaired) electrons. The van der Waals surface area contributed by atoms with Crippen molar-refractivity contribution in [1.29, 1.82) is 0 Å². The molecule has 2 aromatic rings. The second-order valence-corrected chi connectivity index (χ2v) is 2.69. The SMILES string of the molecule is Cc1ccc2oc(N)nc2c1N. The van der Waals surface area contributed by atoms with Gasteiger partial charge in [-0.2, -0.15) is 4.98 Å². The van der Waals surface area contributed by atoms with Gasteiger partial charge in [-0.3, -0.25) is 0 Å². The summed E-state index contributed by atoms with van der Waals surface area (Å²) in [4.78, 5) is 3.96. The maximum atomic E-state index is 5.75. The summed E-state index contributed by atoms with van der Waals surface area (Å²) in [6.45, 7) is 1.92. The molecule has 0 bridgehead atoms. The molecule has 1 aromatic carbocycles. The minimum absolute atomic E-state index is 0.155. The number of aromatic nitrogens is 1. The number of fused-ring (bicyclic) bond motifs is 1. The van der Waals surface area contributed by atoms with Crippen molar-refractivity contribution in [3.05, 3.63) is 17.7 Å². The fourth-order valence-electron chi connectivity index (χ4n) is 1.13. The predicted molar refractivity (Wildman–Crippen MR) is 47.6 cm³/mol. The van der Waals surface area contributed by atoms with Gasteiger partial charge in [-0.15, -0.1) is 0 Å². The first kappa shape index (κ1) is 6.97. The van der Waals surface area contributed by atoms with Gasteiger partial charge in [0.05, 0.1) is 5.69 Å². The minimum atomic E-state index is 0.155. The van der Waals surface area contributed by atoms with Crippen LogP contribution in [0, 0.1) is 6.92 Å². The third-order valence-electron chi connectivity index (χ3n) is 1.83. The molecule has 2 rings (SSSR count). The summed E-state index contributed by atoms with van der Waals surface area (Å²) in [6.07, 6.45) is 0. The Morgan fingerprint density at radius 3 is 2.83 bits per heavy atom. The number of hydrogen-bond donors (Lipinski definition) is 2. The molecule has 0 saturated heterocycles. The fraction of sp³-hybridized carbons (Fsp3) is 0.125. The van der Waals surface area contributed by atoms with Crippen molar-refractivity contribution >= 4 is 22.8 Å². The van der Waals surface area contributed by atoms with Gasteiger partial charge in [0.15, 0.2) is 5.58 Å². The Bertz CT molecular complexity index is 433. The monoisotopic (exact) mass is 163 g/mol. The van der Waals surface area contributed by atoms with Gasteiger partial charge in [-0.1, -0.05) is 6.07 Å². The summed E-state index contributed by atoms with van der Waals surface area (Å²) in [6, 6.07) is 3.84. The van der Waals surface area contributed by atoms with E-state index in [-0.39, 0.29) is 6.01 Å². The van der Waals surface area contributed by atoms with Crippen LogP contribution in [0.15, 0.2) is 16.5 Å². The molecule has 1 aromatic heterocycles. The molecule has 0 fully saturated rings. The van der Waals surface area contributed by atoms with E-state index in [1.54, 1.807) is 0 Å². The maximum absolute atomic E-state index is 5.75. The first-order chi connectivity index (χ1) is 5.68. The highest BCUT2D eigenvalue weighted by Gasteiger charge is 2.06. The van der Waals surface area contributed by atoms with Gasteiger partial charge in [-0.25, -0.2) is 0 Å². The van der Waals surface area contributed by atoms with Crippen molar-refractivity contribution in [3.63, 3.8) is 0 Å². The molecular weight excluding hydrogens is 154 g/mol. The van der Waals surface area contributed by atoms with Gasteiger partial charge >= 0.3 is 0 Å².